The number of urea groups is 1. The van der Waals surface area contributed by atoms with Crippen molar-refractivity contribution in [2.75, 3.05) is 19.6 Å². The quantitative estimate of drug-likeness (QED) is 0.595. The highest BCUT2D eigenvalue weighted by Gasteiger charge is 2.63. The van der Waals surface area contributed by atoms with E-state index in [9.17, 15) is 14.4 Å². The molecule has 1 saturated heterocycles. The first kappa shape index (κ1) is 20.5. The average Bonchev–Trinajstić information content (AvgIpc) is 3.19. The molecule has 166 valence electrons. The Bertz CT molecular complexity index is 1240. The maximum absolute atomic E-state index is 13.3. The van der Waals surface area contributed by atoms with Crippen LogP contribution in [0.5, 0.6) is 0 Å². The molecule has 7 heteroatoms. The van der Waals surface area contributed by atoms with Crippen molar-refractivity contribution < 1.29 is 14.0 Å². The molecular formula is C25H27N3O4. The minimum Gasteiger partial charge on any atom is -0.408 e. The third-order valence-electron chi connectivity index (χ3n) is 7.22. The Balaban J connectivity index is 1.35. The molecule has 2 aromatic carbocycles. The standard InChI is InChI=1S/C25H27N3O4/c1-24(2)16-25(24,18-8-4-3-5-9-18)17-26-13-12-21(29)28(22(26)30)15-14-27-19-10-6-7-11-20(19)32-23(27)31/h3-11H,12-17H2,1-2H3. The van der Waals surface area contributed by atoms with Crippen LogP contribution in [0.1, 0.15) is 32.3 Å². The lowest BCUT2D eigenvalue weighted by atomic mass is 9.87. The van der Waals surface area contributed by atoms with Crippen molar-refractivity contribution in [1.82, 2.24) is 14.4 Å². The normalized spacial score (nSPS) is 22.6. The zero-order valence-corrected chi connectivity index (χ0v) is 18.4. The van der Waals surface area contributed by atoms with Gasteiger partial charge < -0.3 is 9.32 Å². The molecule has 3 amide bonds. The van der Waals surface area contributed by atoms with Crippen molar-refractivity contribution >= 4 is 23.0 Å². The van der Waals surface area contributed by atoms with Gasteiger partial charge in [0.05, 0.1) is 5.52 Å². The highest BCUT2D eigenvalue weighted by Crippen LogP contribution is 2.64. The predicted octanol–water partition coefficient (Wildman–Crippen LogP) is 3.62. The lowest BCUT2D eigenvalue weighted by Gasteiger charge is -2.37. The van der Waals surface area contributed by atoms with Crippen LogP contribution < -0.4 is 5.76 Å². The molecule has 3 aromatic rings. The molecule has 5 rings (SSSR count). The maximum atomic E-state index is 13.3. The van der Waals surface area contributed by atoms with Crippen molar-refractivity contribution in [3.63, 3.8) is 0 Å². The molecule has 1 atom stereocenters. The zero-order valence-electron chi connectivity index (χ0n) is 18.4. The largest absolute Gasteiger partial charge is 0.420 e. The zero-order chi connectivity index (χ0) is 22.5. The molecule has 32 heavy (non-hydrogen) atoms. The van der Waals surface area contributed by atoms with E-state index >= 15 is 0 Å². The van der Waals surface area contributed by atoms with Crippen LogP contribution in [0.2, 0.25) is 0 Å². The lowest BCUT2D eigenvalue weighted by molar-refractivity contribution is -0.131. The number of carbonyl (C=O) groups excluding carboxylic acids is 2. The molecule has 2 fully saturated rings. The summed E-state index contributed by atoms with van der Waals surface area (Å²) < 4.78 is 6.74. The van der Waals surface area contributed by atoms with Crippen LogP contribution in [0.4, 0.5) is 4.79 Å². The van der Waals surface area contributed by atoms with Gasteiger partial charge in [-0.1, -0.05) is 56.3 Å². The summed E-state index contributed by atoms with van der Waals surface area (Å²) in [6.07, 6.45) is 1.29. The number of benzene rings is 2. The molecule has 0 N–H and O–H groups in total. The first-order valence-electron chi connectivity index (χ1n) is 11.1. The number of nitrogens with zero attached hydrogens (tertiary/aromatic N) is 3. The molecule has 1 aromatic heterocycles. The summed E-state index contributed by atoms with van der Waals surface area (Å²) >= 11 is 0. The van der Waals surface area contributed by atoms with E-state index in [2.05, 4.69) is 26.0 Å². The summed E-state index contributed by atoms with van der Waals surface area (Å²) in [5, 5.41) is 0. The molecule has 2 heterocycles. The summed E-state index contributed by atoms with van der Waals surface area (Å²) in [5.74, 6) is -0.682. The summed E-state index contributed by atoms with van der Waals surface area (Å²) in [7, 11) is 0. The van der Waals surface area contributed by atoms with Gasteiger partial charge >= 0.3 is 11.8 Å². The number of para-hydroxylation sites is 2. The third-order valence-corrected chi connectivity index (χ3v) is 7.22. The number of hydrogen-bond donors (Lipinski definition) is 0. The smallest absolute Gasteiger partial charge is 0.408 e. The molecule has 0 spiro atoms. The highest BCUT2D eigenvalue weighted by molar-refractivity contribution is 5.96. The molecule has 0 bridgehead atoms. The van der Waals surface area contributed by atoms with Gasteiger partial charge in [-0.2, -0.15) is 0 Å². The van der Waals surface area contributed by atoms with Crippen molar-refractivity contribution in [1.29, 1.82) is 0 Å². The second-order valence-corrected chi connectivity index (χ2v) is 9.50. The van der Waals surface area contributed by atoms with Gasteiger partial charge in [0.25, 0.3) is 0 Å². The summed E-state index contributed by atoms with van der Waals surface area (Å²) in [4.78, 5) is 41.3. The van der Waals surface area contributed by atoms with Crippen LogP contribution >= 0.6 is 0 Å². The summed E-state index contributed by atoms with van der Waals surface area (Å²) in [6.45, 7) is 5.81. The van der Waals surface area contributed by atoms with Crippen LogP contribution in [0.25, 0.3) is 11.1 Å². The Morgan fingerprint density at radius 1 is 0.938 bits per heavy atom. The van der Waals surface area contributed by atoms with E-state index in [1.165, 1.54) is 15.0 Å². The number of amides is 3. The van der Waals surface area contributed by atoms with Gasteiger partial charge in [-0.05, 0) is 29.5 Å². The van der Waals surface area contributed by atoms with Crippen molar-refractivity contribution in [3.8, 4) is 0 Å². The second-order valence-electron chi connectivity index (χ2n) is 9.50. The Labute approximate surface area is 186 Å². The summed E-state index contributed by atoms with van der Waals surface area (Å²) in [5.41, 5.74) is 2.38. The van der Waals surface area contributed by atoms with E-state index in [1.54, 1.807) is 23.1 Å². The Hall–Kier alpha value is -3.35. The van der Waals surface area contributed by atoms with Gasteiger partial charge in [-0.15, -0.1) is 0 Å². The van der Waals surface area contributed by atoms with E-state index in [-0.39, 0.29) is 42.3 Å². The van der Waals surface area contributed by atoms with Crippen molar-refractivity contribution in [2.45, 2.75) is 38.6 Å². The highest BCUT2D eigenvalue weighted by atomic mass is 16.4. The van der Waals surface area contributed by atoms with Crippen LogP contribution in [0, 0.1) is 5.41 Å². The number of rotatable bonds is 6. The SMILES string of the molecule is CC1(C)CC1(CN1CCC(=O)N(CCn2c(=O)oc3ccccc32)C1=O)c1ccccc1. The van der Waals surface area contributed by atoms with Crippen molar-refractivity contribution in [3.05, 3.63) is 70.7 Å². The van der Waals surface area contributed by atoms with Gasteiger partial charge in [-0.25, -0.2) is 9.59 Å². The number of carbonyl (C=O) groups is 2. The van der Waals surface area contributed by atoms with Crippen LogP contribution in [0.3, 0.4) is 0 Å². The fraction of sp³-hybridized carbons (Fsp3) is 0.400. The Morgan fingerprint density at radius 2 is 1.62 bits per heavy atom. The number of oxazole rings is 1. The predicted molar refractivity (Wildman–Crippen MR) is 120 cm³/mol. The van der Waals surface area contributed by atoms with Crippen LogP contribution in [-0.4, -0.2) is 45.9 Å². The third kappa shape index (κ3) is 3.23. The Kier molecular flexibility index (Phi) is 4.73. The summed E-state index contributed by atoms with van der Waals surface area (Å²) in [6, 6.07) is 17.2. The molecule has 1 unspecified atom stereocenters. The molecule has 1 aliphatic heterocycles. The van der Waals surface area contributed by atoms with Gasteiger partial charge in [0.2, 0.25) is 5.91 Å². The maximum Gasteiger partial charge on any atom is 0.420 e. The molecule has 1 aliphatic carbocycles. The first-order valence-corrected chi connectivity index (χ1v) is 11.1. The van der Waals surface area contributed by atoms with E-state index in [0.717, 1.165) is 6.42 Å². The van der Waals surface area contributed by atoms with E-state index in [4.69, 9.17) is 4.42 Å². The number of imide groups is 1. The first-order chi connectivity index (χ1) is 15.3. The van der Waals surface area contributed by atoms with Crippen LogP contribution in [-0.2, 0) is 16.8 Å². The van der Waals surface area contributed by atoms with E-state index in [1.807, 2.05) is 24.3 Å². The van der Waals surface area contributed by atoms with Crippen LogP contribution in [0.15, 0.2) is 63.8 Å². The van der Waals surface area contributed by atoms with Gasteiger partial charge in [0.15, 0.2) is 5.58 Å². The minimum atomic E-state index is -0.484. The molecule has 2 aliphatic rings. The number of fused-ring (bicyclic) bond motifs is 1. The monoisotopic (exact) mass is 433 g/mol. The number of hydrogen-bond acceptors (Lipinski definition) is 4. The fourth-order valence-corrected chi connectivity index (χ4v) is 5.18. The van der Waals surface area contributed by atoms with Gasteiger partial charge in [0.1, 0.15) is 0 Å². The number of aromatic nitrogens is 1. The lowest BCUT2D eigenvalue weighted by Crippen LogP contribution is -2.55. The topological polar surface area (TPSA) is 75.8 Å². The average molecular weight is 434 g/mol. The molecule has 1 saturated carbocycles. The Morgan fingerprint density at radius 3 is 2.34 bits per heavy atom. The molecule has 7 nitrogen and oxygen atoms in total. The van der Waals surface area contributed by atoms with Crippen molar-refractivity contribution in [2.24, 2.45) is 5.41 Å². The van der Waals surface area contributed by atoms with E-state index < -0.39 is 5.76 Å². The fourth-order valence-electron chi connectivity index (χ4n) is 5.18. The second kappa shape index (κ2) is 7.36. The minimum absolute atomic E-state index is 0.0872. The molecule has 0 radical (unpaired) electrons. The molecular weight excluding hydrogens is 406 g/mol. The van der Waals surface area contributed by atoms with Gasteiger partial charge in [0, 0.05) is 38.0 Å². The van der Waals surface area contributed by atoms with Gasteiger partial charge in [-0.3, -0.25) is 14.3 Å². The van der Waals surface area contributed by atoms with E-state index in [0.29, 0.717) is 24.2 Å².